The van der Waals surface area contributed by atoms with Crippen LogP contribution in [0.2, 0.25) is 0 Å². The van der Waals surface area contributed by atoms with Crippen molar-refractivity contribution >= 4 is 17.7 Å². The van der Waals surface area contributed by atoms with E-state index in [0.29, 0.717) is 29.5 Å². The highest BCUT2D eigenvalue weighted by Gasteiger charge is 2.30. The van der Waals surface area contributed by atoms with Crippen molar-refractivity contribution in [1.29, 1.82) is 0 Å². The van der Waals surface area contributed by atoms with Crippen LogP contribution in [0.25, 0.3) is 11.5 Å². The number of likely N-dealkylation sites (tertiary alicyclic amines) is 1. The Morgan fingerprint density at radius 2 is 2.08 bits per heavy atom. The van der Waals surface area contributed by atoms with Crippen LogP contribution in [0.15, 0.2) is 41.0 Å². The molecule has 1 aromatic heterocycles. The van der Waals surface area contributed by atoms with Crippen molar-refractivity contribution in [2.75, 3.05) is 18.8 Å². The highest BCUT2D eigenvalue weighted by atomic mass is 32.2. The molecule has 1 aromatic carbocycles. The van der Waals surface area contributed by atoms with E-state index < -0.39 is 0 Å². The molecule has 0 saturated carbocycles. The zero-order valence-electron chi connectivity index (χ0n) is 14.2. The number of fused-ring (bicyclic) bond motifs is 2. The van der Waals surface area contributed by atoms with Gasteiger partial charge in [0, 0.05) is 36.5 Å². The van der Waals surface area contributed by atoms with Crippen LogP contribution in [0, 0.1) is 0 Å². The fourth-order valence-corrected chi connectivity index (χ4v) is 4.39. The number of amides is 1. The molecule has 1 N–H and O–H groups in total. The van der Waals surface area contributed by atoms with Crippen molar-refractivity contribution < 1.29 is 9.21 Å². The molecule has 2 aliphatic heterocycles. The number of hydrogen-bond acceptors (Lipinski definition) is 5. The van der Waals surface area contributed by atoms with Crippen LogP contribution >= 0.6 is 11.8 Å². The third-order valence-electron chi connectivity index (χ3n) is 4.92. The second-order valence-electron chi connectivity index (χ2n) is 6.77. The topological polar surface area (TPSA) is 58.4 Å². The number of oxazole rings is 1. The van der Waals surface area contributed by atoms with Crippen molar-refractivity contribution in [3.8, 4) is 11.5 Å². The van der Waals surface area contributed by atoms with E-state index in [1.165, 1.54) is 12.8 Å². The highest BCUT2D eigenvalue weighted by Crippen LogP contribution is 2.22. The first-order chi connectivity index (χ1) is 12.3. The predicted molar refractivity (Wildman–Crippen MR) is 99.2 cm³/mol. The summed E-state index contributed by atoms with van der Waals surface area (Å²) in [6.45, 7) is 1.74. The lowest BCUT2D eigenvalue weighted by molar-refractivity contribution is -0.128. The van der Waals surface area contributed by atoms with Gasteiger partial charge in [-0.2, -0.15) is 0 Å². The number of rotatable bonds is 5. The Morgan fingerprint density at radius 1 is 1.24 bits per heavy atom. The zero-order valence-corrected chi connectivity index (χ0v) is 15.0. The Labute approximate surface area is 152 Å². The number of nitrogens with one attached hydrogen (secondary N) is 1. The minimum atomic E-state index is 0.242. The highest BCUT2D eigenvalue weighted by molar-refractivity contribution is 7.99. The second-order valence-corrected chi connectivity index (χ2v) is 7.75. The minimum Gasteiger partial charge on any atom is -0.444 e. The molecule has 2 aliphatic rings. The molecule has 5 nitrogen and oxygen atoms in total. The first-order valence-electron chi connectivity index (χ1n) is 8.89. The Balaban J connectivity index is 1.26. The van der Waals surface area contributed by atoms with E-state index in [1.54, 1.807) is 18.0 Å². The monoisotopic (exact) mass is 357 g/mol. The van der Waals surface area contributed by atoms with E-state index in [2.05, 4.69) is 10.3 Å². The van der Waals surface area contributed by atoms with E-state index in [-0.39, 0.29) is 5.91 Å². The van der Waals surface area contributed by atoms with Gasteiger partial charge in [-0.25, -0.2) is 4.98 Å². The Morgan fingerprint density at radius 3 is 2.96 bits per heavy atom. The normalized spacial score (nSPS) is 22.8. The molecular formula is C19H23N3O2S. The summed E-state index contributed by atoms with van der Waals surface area (Å²) in [5.41, 5.74) is 1.86. The van der Waals surface area contributed by atoms with Gasteiger partial charge in [0.1, 0.15) is 6.26 Å². The second kappa shape index (κ2) is 7.62. The number of aromatic nitrogens is 1. The van der Waals surface area contributed by atoms with Crippen LogP contribution in [-0.2, 0) is 10.5 Å². The molecule has 2 aromatic rings. The average molecular weight is 357 g/mol. The third kappa shape index (κ3) is 4.07. The molecule has 0 radical (unpaired) electrons. The summed E-state index contributed by atoms with van der Waals surface area (Å²) in [6, 6.07) is 11.0. The third-order valence-corrected chi connectivity index (χ3v) is 5.87. The number of thioether (sulfide) groups is 1. The fourth-order valence-electron chi connectivity index (χ4n) is 3.59. The van der Waals surface area contributed by atoms with E-state index in [9.17, 15) is 4.79 Å². The molecule has 6 heteroatoms. The maximum Gasteiger partial charge on any atom is 0.232 e. The quantitative estimate of drug-likeness (QED) is 0.892. The number of hydrogen-bond donors (Lipinski definition) is 1. The van der Waals surface area contributed by atoms with Gasteiger partial charge in [-0.15, -0.1) is 11.8 Å². The predicted octanol–water partition coefficient (Wildman–Crippen LogP) is 2.93. The number of carbonyl (C=O) groups is 1. The van der Waals surface area contributed by atoms with Crippen molar-refractivity contribution in [2.24, 2.45) is 0 Å². The lowest BCUT2D eigenvalue weighted by Gasteiger charge is -2.24. The molecule has 2 unspecified atom stereocenters. The van der Waals surface area contributed by atoms with Crippen LogP contribution in [0.1, 0.15) is 25.0 Å². The molecule has 4 rings (SSSR count). The molecular weight excluding hydrogens is 334 g/mol. The van der Waals surface area contributed by atoms with E-state index in [0.717, 1.165) is 30.8 Å². The molecule has 0 spiro atoms. The van der Waals surface area contributed by atoms with Gasteiger partial charge in [0.2, 0.25) is 11.8 Å². The largest absolute Gasteiger partial charge is 0.444 e. The van der Waals surface area contributed by atoms with E-state index in [1.807, 2.05) is 35.2 Å². The van der Waals surface area contributed by atoms with Crippen molar-refractivity contribution in [3.05, 3.63) is 42.3 Å². The molecule has 132 valence electrons. The van der Waals surface area contributed by atoms with Gasteiger partial charge in [-0.05, 0) is 31.4 Å². The lowest BCUT2D eigenvalue weighted by atomic mass is 10.1. The van der Waals surface area contributed by atoms with Crippen LogP contribution in [0.5, 0.6) is 0 Å². The van der Waals surface area contributed by atoms with Crippen molar-refractivity contribution in [3.63, 3.8) is 0 Å². The standard InChI is InChI=1S/C19H23N3O2S/c23-18(22-9-8-15-6-7-16(10-22)20-15)13-25-12-17-11-24-19(21-17)14-4-2-1-3-5-14/h1-5,11,15-16,20H,6-10,12-13H2. The van der Waals surface area contributed by atoms with E-state index in [4.69, 9.17) is 4.42 Å². The van der Waals surface area contributed by atoms with Gasteiger partial charge in [-0.1, -0.05) is 18.2 Å². The minimum absolute atomic E-state index is 0.242. The summed E-state index contributed by atoms with van der Waals surface area (Å²) in [7, 11) is 0. The first-order valence-corrected chi connectivity index (χ1v) is 10.0. The molecule has 2 saturated heterocycles. The van der Waals surface area contributed by atoms with Crippen molar-refractivity contribution in [1.82, 2.24) is 15.2 Å². The van der Waals surface area contributed by atoms with E-state index >= 15 is 0 Å². The average Bonchev–Trinajstić information content (AvgIpc) is 3.22. The maximum atomic E-state index is 12.5. The van der Waals surface area contributed by atoms with Crippen LogP contribution in [0.3, 0.4) is 0 Å². The van der Waals surface area contributed by atoms with Crippen molar-refractivity contribution in [2.45, 2.75) is 37.1 Å². The molecule has 3 heterocycles. The summed E-state index contributed by atoms with van der Waals surface area (Å²) in [6.07, 6.45) is 5.23. The van der Waals surface area contributed by atoms with Gasteiger partial charge in [0.15, 0.2) is 0 Å². The SMILES string of the molecule is O=C(CSCc1coc(-c2ccccc2)n1)N1CCC2CCC(C1)N2. The van der Waals surface area contributed by atoms with Gasteiger partial charge in [0.25, 0.3) is 0 Å². The molecule has 2 fully saturated rings. The number of nitrogens with zero attached hydrogens (tertiary/aromatic N) is 2. The van der Waals surface area contributed by atoms with Gasteiger partial charge in [0.05, 0.1) is 11.4 Å². The fraction of sp³-hybridized carbons (Fsp3) is 0.474. The molecule has 2 atom stereocenters. The molecule has 0 aliphatic carbocycles. The molecule has 1 amide bonds. The molecule has 25 heavy (non-hydrogen) atoms. The summed E-state index contributed by atoms with van der Waals surface area (Å²) in [5, 5.41) is 3.61. The summed E-state index contributed by atoms with van der Waals surface area (Å²) < 4.78 is 5.55. The Kier molecular flexibility index (Phi) is 5.08. The smallest absolute Gasteiger partial charge is 0.232 e. The zero-order chi connectivity index (χ0) is 17.1. The summed E-state index contributed by atoms with van der Waals surface area (Å²) >= 11 is 1.61. The lowest BCUT2D eigenvalue weighted by Crippen LogP contribution is -2.39. The summed E-state index contributed by atoms with van der Waals surface area (Å²) in [4.78, 5) is 19.0. The van der Waals surface area contributed by atoms with Crippen LogP contribution in [0.4, 0.5) is 0 Å². The Bertz CT molecular complexity index is 718. The number of carbonyl (C=O) groups excluding carboxylic acids is 1. The van der Waals surface area contributed by atoms with Gasteiger partial charge >= 0.3 is 0 Å². The van der Waals surface area contributed by atoms with Gasteiger partial charge < -0.3 is 14.6 Å². The molecule has 2 bridgehead atoms. The van der Waals surface area contributed by atoms with Crippen LogP contribution < -0.4 is 5.32 Å². The van der Waals surface area contributed by atoms with Crippen LogP contribution in [-0.4, -0.2) is 46.7 Å². The first kappa shape index (κ1) is 16.7. The van der Waals surface area contributed by atoms with Gasteiger partial charge in [-0.3, -0.25) is 4.79 Å². The summed E-state index contributed by atoms with van der Waals surface area (Å²) in [5.74, 6) is 2.08. The Hall–Kier alpha value is -1.79. The maximum absolute atomic E-state index is 12.5. The number of benzene rings is 1.